The fourth-order valence-corrected chi connectivity index (χ4v) is 5.59. The van der Waals surface area contributed by atoms with E-state index in [-0.39, 0.29) is 6.04 Å². The van der Waals surface area contributed by atoms with E-state index >= 15 is 0 Å². The lowest BCUT2D eigenvalue weighted by molar-refractivity contribution is 0.149. The molecule has 20 heavy (non-hydrogen) atoms. The van der Waals surface area contributed by atoms with Crippen LogP contribution in [0.1, 0.15) is 18.7 Å². The molecule has 1 atom stereocenters. The van der Waals surface area contributed by atoms with Gasteiger partial charge in [0.1, 0.15) is 4.90 Å². The molecule has 0 amide bonds. The van der Waals surface area contributed by atoms with Gasteiger partial charge in [0.15, 0.2) is 0 Å². The van der Waals surface area contributed by atoms with E-state index < -0.39 is 10.0 Å². The Hall–Kier alpha value is 0.01000. The molecule has 0 bridgehead atoms. The summed E-state index contributed by atoms with van der Waals surface area (Å²) in [5.41, 5.74) is 0. The van der Waals surface area contributed by atoms with E-state index in [1.807, 2.05) is 13.8 Å². The number of ether oxygens (including phenoxy) is 1. The molecule has 0 saturated carbocycles. The van der Waals surface area contributed by atoms with Crippen LogP contribution in [-0.2, 0) is 21.3 Å². The van der Waals surface area contributed by atoms with Crippen molar-refractivity contribution in [2.75, 3.05) is 27.3 Å². The Kier molecular flexibility index (Phi) is 7.10. The smallest absolute Gasteiger partial charge is 0.245 e. The van der Waals surface area contributed by atoms with Crippen molar-refractivity contribution in [3.63, 3.8) is 0 Å². The molecule has 0 fully saturated rings. The molecule has 0 aromatic carbocycles. The van der Waals surface area contributed by atoms with Crippen LogP contribution >= 0.6 is 27.3 Å². The van der Waals surface area contributed by atoms with Gasteiger partial charge in [0.2, 0.25) is 10.0 Å². The predicted molar refractivity (Wildman–Crippen MR) is 85.7 cm³/mol. The third kappa shape index (κ3) is 4.25. The Morgan fingerprint density at radius 2 is 2.20 bits per heavy atom. The van der Waals surface area contributed by atoms with Crippen LogP contribution in [0, 0.1) is 0 Å². The average molecular weight is 385 g/mol. The summed E-state index contributed by atoms with van der Waals surface area (Å²) in [6.07, 6.45) is 0. The third-order valence-corrected chi connectivity index (χ3v) is 7.17. The van der Waals surface area contributed by atoms with Gasteiger partial charge in [-0.2, -0.15) is 4.31 Å². The predicted octanol–water partition coefficient (Wildman–Crippen LogP) is 2.28. The van der Waals surface area contributed by atoms with Gasteiger partial charge in [0.05, 0.1) is 10.4 Å². The molecule has 1 aromatic heterocycles. The number of hydrogen-bond acceptors (Lipinski definition) is 5. The van der Waals surface area contributed by atoms with Crippen LogP contribution in [0.15, 0.2) is 14.7 Å². The van der Waals surface area contributed by atoms with Crippen molar-refractivity contribution in [2.45, 2.75) is 31.3 Å². The summed E-state index contributed by atoms with van der Waals surface area (Å²) in [5, 5.41) is 3.19. The average Bonchev–Trinajstić information content (AvgIpc) is 2.77. The zero-order chi connectivity index (χ0) is 15.3. The SMILES string of the molecule is CCNCc1cc(S(=O)(=O)N(C)C(C)COC)c(Br)s1. The highest BCUT2D eigenvalue weighted by molar-refractivity contribution is 9.11. The van der Waals surface area contributed by atoms with Gasteiger partial charge in [-0.25, -0.2) is 8.42 Å². The Morgan fingerprint density at radius 3 is 2.75 bits per heavy atom. The molecule has 1 aromatic rings. The standard InChI is InChI=1S/C12H21BrN2O3S2/c1-5-14-7-10-6-11(12(13)19-10)20(16,17)15(3)9(2)8-18-4/h6,9,14H,5,7-8H2,1-4H3. The summed E-state index contributed by atoms with van der Waals surface area (Å²) >= 11 is 4.80. The summed E-state index contributed by atoms with van der Waals surface area (Å²) in [5.74, 6) is 0. The number of nitrogens with one attached hydrogen (secondary N) is 1. The van der Waals surface area contributed by atoms with Crippen molar-refractivity contribution in [3.05, 3.63) is 14.7 Å². The van der Waals surface area contributed by atoms with Crippen molar-refractivity contribution >= 4 is 37.3 Å². The van der Waals surface area contributed by atoms with E-state index in [0.29, 0.717) is 21.8 Å². The normalized spacial score (nSPS) is 13.9. The largest absolute Gasteiger partial charge is 0.383 e. The van der Waals surface area contributed by atoms with Gasteiger partial charge in [-0.05, 0) is 35.5 Å². The molecule has 0 spiro atoms. The van der Waals surface area contributed by atoms with Crippen molar-refractivity contribution in [1.82, 2.24) is 9.62 Å². The number of likely N-dealkylation sites (N-methyl/N-ethyl adjacent to an activating group) is 1. The van der Waals surface area contributed by atoms with Crippen LogP contribution in [0.4, 0.5) is 0 Å². The first-order valence-electron chi connectivity index (χ1n) is 6.30. The molecule has 0 radical (unpaired) electrons. The lowest BCUT2D eigenvalue weighted by Gasteiger charge is -2.23. The monoisotopic (exact) mass is 384 g/mol. The molecule has 5 nitrogen and oxygen atoms in total. The minimum Gasteiger partial charge on any atom is -0.383 e. The fourth-order valence-electron chi connectivity index (χ4n) is 1.65. The van der Waals surface area contributed by atoms with Crippen LogP contribution in [-0.4, -0.2) is 46.1 Å². The van der Waals surface area contributed by atoms with E-state index in [1.165, 1.54) is 15.6 Å². The quantitative estimate of drug-likeness (QED) is 0.746. The molecule has 8 heteroatoms. The molecule has 1 heterocycles. The molecule has 0 saturated heterocycles. The lowest BCUT2D eigenvalue weighted by atomic mass is 10.4. The van der Waals surface area contributed by atoms with Crippen LogP contribution in [0.5, 0.6) is 0 Å². The summed E-state index contributed by atoms with van der Waals surface area (Å²) in [6, 6.07) is 1.51. The van der Waals surface area contributed by atoms with Crippen molar-refractivity contribution in [3.8, 4) is 0 Å². The number of thiophene rings is 1. The summed E-state index contributed by atoms with van der Waals surface area (Å²) in [7, 11) is -0.368. The van der Waals surface area contributed by atoms with Gasteiger partial charge >= 0.3 is 0 Å². The minimum absolute atomic E-state index is 0.214. The summed E-state index contributed by atoms with van der Waals surface area (Å²) < 4.78 is 32.2. The Balaban J connectivity index is 3.00. The van der Waals surface area contributed by atoms with E-state index in [1.54, 1.807) is 20.2 Å². The van der Waals surface area contributed by atoms with Gasteiger partial charge in [0, 0.05) is 31.6 Å². The van der Waals surface area contributed by atoms with E-state index in [9.17, 15) is 8.42 Å². The van der Waals surface area contributed by atoms with Crippen molar-refractivity contribution in [1.29, 1.82) is 0 Å². The molecule has 0 aliphatic carbocycles. The summed E-state index contributed by atoms with van der Waals surface area (Å²) in [4.78, 5) is 1.31. The van der Waals surface area contributed by atoms with Crippen LogP contribution < -0.4 is 5.32 Å². The maximum atomic E-state index is 12.6. The highest BCUT2D eigenvalue weighted by atomic mass is 79.9. The zero-order valence-electron chi connectivity index (χ0n) is 12.1. The van der Waals surface area contributed by atoms with Crippen molar-refractivity contribution in [2.24, 2.45) is 0 Å². The number of halogens is 1. The number of nitrogens with zero attached hydrogens (tertiary/aromatic N) is 1. The second-order valence-electron chi connectivity index (χ2n) is 4.46. The lowest BCUT2D eigenvalue weighted by Crippen LogP contribution is -2.37. The third-order valence-electron chi connectivity index (χ3n) is 2.94. The van der Waals surface area contributed by atoms with Crippen LogP contribution in [0.3, 0.4) is 0 Å². The van der Waals surface area contributed by atoms with Gasteiger partial charge < -0.3 is 10.1 Å². The summed E-state index contributed by atoms with van der Waals surface area (Å²) in [6.45, 7) is 5.72. The number of methoxy groups -OCH3 is 1. The zero-order valence-corrected chi connectivity index (χ0v) is 15.4. The molecule has 116 valence electrons. The second kappa shape index (κ2) is 7.86. The Morgan fingerprint density at radius 1 is 1.55 bits per heavy atom. The molecule has 1 N–H and O–H groups in total. The number of rotatable bonds is 8. The number of sulfonamides is 1. The van der Waals surface area contributed by atoms with Crippen LogP contribution in [0.25, 0.3) is 0 Å². The van der Waals surface area contributed by atoms with Gasteiger partial charge in [-0.1, -0.05) is 6.92 Å². The van der Waals surface area contributed by atoms with Crippen LogP contribution in [0.2, 0.25) is 0 Å². The molecular formula is C12H21BrN2O3S2. The van der Waals surface area contributed by atoms with E-state index in [0.717, 1.165) is 11.4 Å². The van der Waals surface area contributed by atoms with E-state index in [4.69, 9.17) is 4.74 Å². The first kappa shape index (κ1) is 18.1. The topological polar surface area (TPSA) is 58.6 Å². The van der Waals surface area contributed by atoms with Gasteiger partial charge in [-0.15, -0.1) is 11.3 Å². The Labute approximate surface area is 133 Å². The Bertz CT molecular complexity index is 531. The molecule has 0 aliphatic rings. The van der Waals surface area contributed by atoms with Gasteiger partial charge in [0.25, 0.3) is 0 Å². The maximum absolute atomic E-state index is 12.6. The van der Waals surface area contributed by atoms with Crippen molar-refractivity contribution < 1.29 is 13.2 Å². The first-order chi connectivity index (χ1) is 9.34. The highest BCUT2D eigenvalue weighted by Gasteiger charge is 2.28. The first-order valence-corrected chi connectivity index (χ1v) is 9.35. The highest BCUT2D eigenvalue weighted by Crippen LogP contribution is 2.33. The van der Waals surface area contributed by atoms with E-state index in [2.05, 4.69) is 21.2 Å². The number of hydrogen-bond donors (Lipinski definition) is 1. The van der Waals surface area contributed by atoms with Gasteiger partial charge in [-0.3, -0.25) is 0 Å². The molecule has 0 aliphatic heterocycles. The maximum Gasteiger partial charge on any atom is 0.245 e. The molecule has 1 unspecified atom stereocenters. The molecule has 1 rings (SSSR count). The molecular weight excluding hydrogens is 364 g/mol. The second-order valence-corrected chi connectivity index (χ2v) is 8.88. The fraction of sp³-hybridized carbons (Fsp3) is 0.667. The minimum atomic E-state index is -3.51.